The predicted octanol–water partition coefficient (Wildman–Crippen LogP) is 5.75. The Morgan fingerprint density at radius 2 is 1.81 bits per heavy atom. The molecule has 0 saturated carbocycles. The molecule has 10 heteroatoms. The Morgan fingerprint density at radius 1 is 1.14 bits per heavy atom. The lowest BCUT2D eigenvalue weighted by Gasteiger charge is -2.36. The molecule has 4 rings (SSSR count). The van der Waals surface area contributed by atoms with Gasteiger partial charge >= 0.3 is 0 Å². The lowest BCUT2D eigenvalue weighted by molar-refractivity contribution is 0.0670. The number of benzene rings is 2. The number of nitrogens with zero attached hydrogens (tertiary/aromatic N) is 2. The van der Waals surface area contributed by atoms with Gasteiger partial charge in [-0.2, -0.15) is 0 Å². The van der Waals surface area contributed by atoms with Gasteiger partial charge in [-0.05, 0) is 56.7 Å². The number of amides is 1. The van der Waals surface area contributed by atoms with Crippen LogP contribution in [0.15, 0.2) is 42.6 Å². The van der Waals surface area contributed by atoms with Crippen molar-refractivity contribution in [2.75, 3.05) is 25.9 Å². The number of piperazine rings is 1. The molecule has 1 aromatic heterocycles. The molecule has 1 saturated heterocycles. The van der Waals surface area contributed by atoms with Gasteiger partial charge in [0.2, 0.25) is 0 Å². The van der Waals surface area contributed by atoms with Crippen LogP contribution in [0.25, 0.3) is 11.1 Å². The van der Waals surface area contributed by atoms with Crippen LogP contribution >= 0.6 is 23.2 Å². The van der Waals surface area contributed by atoms with E-state index in [0.29, 0.717) is 35.5 Å². The number of methoxy groups -OCH3 is 1. The number of hydrogen-bond acceptors (Lipinski definition) is 6. The number of pyridine rings is 1. The third-order valence-electron chi connectivity index (χ3n) is 6.28. The normalized spacial score (nSPS) is 18.4. The van der Waals surface area contributed by atoms with Gasteiger partial charge in [0.15, 0.2) is 11.6 Å². The number of nitrogen functional groups attached to an aromatic ring is 1. The van der Waals surface area contributed by atoms with E-state index in [1.807, 2.05) is 11.0 Å². The Labute approximate surface area is 225 Å². The van der Waals surface area contributed by atoms with Crippen LogP contribution in [0.3, 0.4) is 0 Å². The third kappa shape index (κ3) is 5.76. The molecule has 2 heterocycles. The number of carbonyl (C=O) groups is 1. The molecule has 0 bridgehead atoms. The van der Waals surface area contributed by atoms with E-state index in [0.717, 1.165) is 5.56 Å². The number of ether oxygens (including phenoxy) is 2. The summed E-state index contributed by atoms with van der Waals surface area (Å²) in [4.78, 5) is 19.4. The molecule has 1 amide bonds. The first-order valence-corrected chi connectivity index (χ1v) is 12.6. The predicted molar refractivity (Wildman–Crippen MR) is 144 cm³/mol. The van der Waals surface area contributed by atoms with Crippen LogP contribution in [0.5, 0.6) is 11.5 Å². The molecule has 0 radical (unpaired) electrons. The van der Waals surface area contributed by atoms with Crippen LogP contribution in [-0.4, -0.2) is 48.1 Å². The second kappa shape index (κ2) is 11.1. The van der Waals surface area contributed by atoms with E-state index >= 15 is 0 Å². The number of nitrogens with one attached hydrogen (secondary N) is 1. The smallest absolute Gasteiger partial charge is 0.257 e. The molecule has 7 nitrogen and oxygen atoms in total. The molecular weight excluding hydrogens is 518 g/mol. The maximum absolute atomic E-state index is 14.0. The van der Waals surface area contributed by atoms with E-state index in [-0.39, 0.29) is 39.6 Å². The average Bonchev–Trinajstić information content (AvgIpc) is 2.86. The maximum Gasteiger partial charge on any atom is 0.257 e. The van der Waals surface area contributed by atoms with Crippen molar-refractivity contribution < 1.29 is 18.7 Å². The Morgan fingerprint density at radius 3 is 2.49 bits per heavy atom. The maximum atomic E-state index is 14.0. The van der Waals surface area contributed by atoms with Gasteiger partial charge < -0.3 is 25.4 Å². The van der Waals surface area contributed by atoms with Crippen molar-refractivity contribution in [2.45, 2.75) is 39.0 Å². The summed E-state index contributed by atoms with van der Waals surface area (Å²) in [5.74, 6) is 0.208. The second-order valence-electron chi connectivity index (χ2n) is 9.22. The first kappa shape index (κ1) is 27.0. The Kier molecular flexibility index (Phi) is 8.11. The topological polar surface area (TPSA) is 89.7 Å². The van der Waals surface area contributed by atoms with Crippen LogP contribution in [-0.2, 0) is 0 Å². The zero-order valence-electron chi connectivity index (χ0n) is 21.0. The van der Waals surface area contributed by atoms with Gasteiger partial charge in [0.25, 0.3) is 5.91 Å². The molecule has 196 valence electrons. The number of carbonyl (C=O) groups excluding carboxylic acids is 1. The zero-order valence-corrected chi connectivity index (χ0v) is 22.5. The van der Waals surface area contributed by atoms with E-state index in [2.05, 4.69) is 24.1 Å². The highest BCUT2D eigenvalue weighted by Gasteiger charge is 2.27. The number of rotatable bonds is 6. The lowest BCUT2D eigenvalue weighted by atomic mass is 10.0. The summed E-state index contributed by atoms with van der Waals surface area (Å²) in [6, 6.07) is 10.1. The second-order valence-corrected chi connectivity index (χ2v) is 10.0. The fourth-order valence-corrected chi connectivity index (χ4v) is 5.26. The minimum Gasteiger partial charge on any atom is -0.496 e. The summed E-state index contributed by atoms with van der Waals surface area (Å²) in [5, 5.41) is 3.60. The quantitative estimate of drug-likeness (QED) is 0.382. The molecule has 1 aliphatic heterocycles. The van der Waals surface area contributed by atoms with Gasteiger partial charge in [-0.1, -0.05) is 29.3 Å². The van der Waals surface area contributed by atoms with Gasteiger partial charge in [0.1, 0.15) is 17.7 Å². The van der Waals surface area contributed by atoms with Crippen molar-refractivity contribution in [2.24, 2.45) is 0 Å². The largest absolute Gasteiger partial charge is 0.496 e. The minimum absolute atomic E-state index is 0.0827. The van der Waals surface area contributed by atoms with Crippen LogP contribution in [0.2, 0.25) is 10.0 Å². The lowest BCUT2D eigenvalue weighted by Crippen LogP contribution is -2.55. The molecule has 3 N–H and O–H groups in total. The highest BCUT2D eigenvalue weighted by molar-refractivity contribution is 6.36. The van der Waals surface area contributed by atoms with Gasteiger partial charge in [-0.3, -0.25) is 4.79 Å². The first-order chi connectivity index (χ1) is 17.6. The zero-order chi connectivity index (χ0) is 26.9. The average molecular weight is 547 g/mol. The SMILES string of the molecule is COc1cc(-c2cnc(N)c(OC(C)c3c(Cl)ccc(F)c3Cl)c2)ccc1C(=O)N1C[C@@H](C)N[C@@H](C)C1. The van der Waals surface area contributed by atoms with Crippen LogP contribution in [0, 0.1) is 5.82 Å². The number of halogens is 3. The highest BCUT2D eigenvalue weighted by atomic mass is 35.5. The number of nitrogens with two attached hydrogens (primary N) is 1. The fourth-order valence-electron chi connectivity index (χ4n) is 4.58. The molecule has 1 unspecified atom stereocenters. The van der Waals surface area contributed by atoms with Gasteiger partial charge in [0, 0.05) is 47.5 Å². The number of hydrogen-bond donors (Lipinski definition) is 2. The fraction of sp³-hybridized carbons (Fsp3) is 0.333. The monoisotopic (exact) mass is 546 g/mol. The van der Waals surface area contributed by atoms with Crippen molar-refractivity contribution in [3.05, 3.63) is 69.6 Å². The Bertz CT molecular complexity index is 1310. The molecule has 0 aliphatic carbocycles. The molecule has 37 heavy (non-hydrogen) atoms. The first-order valence-electron chi connectivity index (χ1n) is 11.9. The van der Waals surface area contributed by atoms with Crippen molar-refractivity contribution in [3.63, 3.8) is 0 Å². The molecule has 2 aromatic carbocycles. The minimum atomic E-state index is -0.701. The van der Waals surface area contributed by atoms with Crippen molar-refractivity contribution >= 4 is 34.9 Å². The summed E-state index contributed by atoms with van der Waals surface area (Å²) in [6.07, 6.45) is 0.902. The molecule has 3 atom stereocenters. The van der Waals surface area contributed by atoms with E-state index in [9.17, 15) is 9.18 Å². The molecule has 3 aromatic rings. The van der Waals surface area contributed by atoms with E-state index in [4.69, 9.17) is 38.4 Å². The Balaban J connectivity index is 1.61. The van der Waals surface area contributed by atoms with Crippen molar-refractivity contribution in [1.82, 2.24) is 15.2 Å². The van der Waals surface area contributed by atoms with Crippen LogP contribution in [0.4, 0.5) is 10.2 Å². The summed E-state index contributed by atoms with van der Waals surface area (Å²) >= 11 is 12.4. The van der Waals surface area contributed by atoms with E-state index in [1.165, 1.54) is 19.2 Å². The van der Waals surface area contributed by atoms with E-state index < -0.39 is 11.9 Å². The summed E-state index contributed by atoms with van der Waals surface area (Å²) in [6.45, 7) is 7.05. The summed E-state index contributed by atoms with van der Waals surface area (Å²) in [5.41, 5.74) is 8.31. The van der Waals surface area contributed by atoms with Crippen molar-refractivity contribution in [3.8, 4) is 22.6 Å². The number of aromatic nitrogens is 1. The summed E-state index contributed by atoms with van der Waals surface area (Å²) in [7, 11) is 1.53. The van der Waals surface area contributed by atoms with Crippen molar-refractivity contribution in [1.29, 1.82) is 0 Å². The molecule has 0 spiro atoms. The van der Waals surface area contributed by atoms with Gasteiger partial charge in [-0.25, -0.2) is 9.37 Å². The van der Waals surface area contributed by atoms with Crippen LogP contribution in [0.1, 0.15) is 42.8 Å². The highest BCUT2D eigenvalue weighted by Crippen LogP contribution is 2.37. The molecule has 1 fully saturated rings. The van der Waals surface area contributed by atoms with E-state index in [1.54, 1.807) is 31.3 Å². The van der Waals surface area contributed by atoms with Gasteiger partial charge in [0.05, 0.1) is 17.7 Å². The standard InChI is InChI=1S/C27H29Cl2FN4O3/c1-14-12-34(13-15(2)33-14)27(35)19-6-5-17(9-22(19)36-4)18-10-23(26(31)32-11-18)37-16(3)24-20(28)7-8-21(30)25(24)29/h5-11,14-16,33H,12-13H2,1-4H3,(H2,31,32)/t14-,15+,16?. The third-order valence-corrected chi connectivity index (χ3v) is 7.00. The number of anilines is 1. The molecule has 1 aliphatic rings. The Hall–Kier alpha value is -3.07. The van der Waals surface area contributed by atoms with Crippen LogP contribution < -0.4 is 20.5 Å². The van der Waals surface area contributed by atoms with Gasteiger partial charge in [-0.15, -0.1) is 0 Å². The molecular formula is C27H29Cl2FN4O3. The summed E-state index contributed by atoms with van der Waals surface area (Å²) < 4.78 is 25.6.